The van der Waals surface area contributed by atoms with Crippen LogP contribution in [-0.4, -0.2) is 19.7 Å². The van der Waals surface area contributed by atoms with Gasteiger partial charge in [0.25, 0.3) is 0 Å². The fourth-order valence-electron chi connectivity index (χ4n) is 4.33. The largest absolute Gasteiger partial charge is 0.496 e. The van der Waals surface area contributed by atoms with Crippen molar-refractivity contribution < 1.29 is 4.74 Å². The molecule has 2 aromatic rings. The Labute approximate surface area is 150 Å². The van der Waals surface area contributed by atoms with E-state index in [2.05, 4.69) is 41.0 Å². The molecule has 0 saturated carbocycles. The number of hydrogen-bond acceptors (Lipinski definition) is 3. The SMILES string of the molecule is COc1ccccc1CNC1CCCNC1c1ccc2c(c1)CCC2. The zero-order valence-electron chi connectivity index (χ0n) is 15.1. The molecule has 2 aliphatic rings. The second-order valence-corrected chi connectivity index (χ2v) is 7.25. The van der Waals surface area contributed by atoms with Crippen molar-refractivity contribution in [2.45, 2.75) is 50.7 Å². The van der Waals surface area contributed by atoms with Crippen LogP contribution in [0.5, 0.6) is 5.75 Å². The predicted octanol–water partition coefficient (Wildman–Crippen LogP) is 3.77. The monoisotopic (exact) mass is 336 g/mol. The Bertz CT molecular complexity index is 728. The van der Waals surface area contributed by atoms with Crippen LogP contribution in [0.1, 0.15) is 47.6 Å². The van der Waals surface area contributed by atoms with Gasteiger partial charge in [0.2, 0.25) is 0 Å². The molecule has 4 rings (SSSR count). The number of benzene rings is 2. The number of fused-ring (bicyclic) bond motifs is 1. The third-order valence-electron chi connectivity index (χ3n) is 5.69. The lowest BCUT2D eigenvalue weighted by molar-refractivity contribution is 0.302. The molecule has 1 aliphatic heterocycles. The highest BCUT2D eigenvalue weighted by Gasteiger charge is 2.27. The van der Waals surface area contributed by atoms with E-state index in [0.717, 1.165) is 18.8 Å². The molecular formula is C22H28N2O. The Kier molecular flexibility index (Phi) is 5.04. The van der Waals surface area contributed by atoms with Crippen LogP contribution in [0.3, 0.4) is 0 Å². The Balaban J connectivity index is 1.49. The molecule has 1 heterocycles. The molecule has 0 bridgehead atoms. The van der Waals surface area contributed by atoms with E-state index in [0.29, 0.717) is 12.1 Å². The van der Waals surface area contributed by atoms with Crippen molar-refractivity contribution in [3.05, 3.63) is 64.7 Å². The van der Waals surface area contributed by atoms with E-state index < -0.39 is 0 Å². The smallest absolute Gasteiger partial charge is 0.123 e. The molecule has 2 atom stereocenters. The molecule has 2 N–H and O–H groups in total. The highest BCUT2D eigenvalue weighted by molar-refractivity contribution is 5.37. The van der Waals surface area contributed by atoms with Crippen molar-refractivity contribution in [3.8, 4) is 5.75 Å². The second kappa shape index (κ2) is 7.59. The van der Waals surface area contributed by atoms with Crippen LogP contribution in [0.15, 0.2) is 42.5 Å². The zero-order chi connectivity index (χ0) is 17.1. The van der Waals surface area contributed by atoms with E-state index in [4.69, 9.17) is 4.74 Å². The number of hydrogen-bond donors (Lipinski definition) is 2. The lowest BCUT2D eigenvalue weighted by Crippen LogP contribution is -2.45. The highest BCUT2D eigenvalue weighted by atomic mass is 16.5. The van der Waals surface area contributed by atoms with Crippen LogP contribution in [-0.2, 0) is 19.4 Å². The first-order chi connectivity index (χ1) is 12.3. The normalized spacial score (nSPS) is 22.6. The molecule has 0 aromatic heterocycles. The average molecular weight is 336 g/mol. The van der Waals surface area contributed by atoms with Crippen LogP contribution >= 0.6 is 0 Å². The van der Waals surface area contributed by atoms with Gasteiger partial charge in [-0.05, 0) is 61.4 Å². The van der Waals surface area contributed by atoms with Gasteiger partial charge in [-0.2, -0.15) is 0 Å². The minimum absolute atomic E-state index is 0.398. The molecule has 3 nitrogen and oxygen atoms in total. The number of ether oxygens (including phenoxy) is 1. The third-order valence-corrected chi connectivity index (χ3v) is 5.69. The average Bonchev–Trinajstić information content (AvgIpc) is 3.14. The van der Waals surface area contributed by atoms with E-state index in [9.17, 15) is 0 Å². The zero-order valence-corrected chi connectivity index (χ0v) is 15.1. The van der Waals surface area contributed by atoms with Gasteiger partial charge in [0.15, 0.2) is 0 Å². The van der Waals surface area contributed by atoms with Gasteiger partial charge < -0.3 is 15.4 Å². The first-order valence-corrected chi connectivity index (χ1v) is 9.55. The number of aryl methyl sites for hydroxylation is 2. The third kappa shape index (κ3) is 3.58. The summed E-state index contributed by atoms with van der Waals surface area (Å²) in [5.74, 6) is 0.966. The van der Waals surface area contributed by atoms with Crippen molar-refractivity contribution in [2.24, 2.45) is 0 Å². The van der Waals surface area contributed by atoms with E-state index >= 15 is 0 Å². The van der Waals surface area contributed by atoms with Crippen molar-refractivity contribution in [3.63, 3.8) is 0 Å². The minimum Gasteiger partial charge on any atom is -0.496 e. The molecule has 0 amide bonds. The highest BCUT2D eigenvalue weighted by Crippen LogP contribution is 2.29. The Morgan fingerprint density at radius 3 is 2.88 bits per heavy atom. The van der Waals surface area contributed by atoms with Crippen LogP contribution < -0.4 is 15.4 Å². The first-order valence-electron chi connectivity index (χ1n) is 9.55. The fraction of sp³-hybridized carbons (Fsp3) is 0.455. The summed E-state index contributed by atoms with van der Waals surface area (Å²) in [6.45, 7) is 1.95. The van der Waals surface area contributed by atoms with E-state index in [1.807, 2.05) is 12.1 Å². The predicted molar refractivity (Wildman–Crippen MR) is 102 cm³/mol. The maximum Gasteiger partial charge on any atom is 0.123 e. The summed E-state index contributed by atoms with van der Waals surface area (Å²) in [4.78, 5) is 0. The first kappa shape index (κ1) is 16.6. The molecule has 2 unspecified atom stereocenters. The standard InChI is InChI=1S/C22H28N2O/c1-25-21-10-3-2-6-19(21)15-24-20-9-5-13-23-22(20)18-12-11-16-7-4-8-17(16)14-18/h2-3,6,10-12,14,20,22-24H,4-5,7-9,13,15H2,1H3. The summed E-state index contributed by atoms with van der Waals surface area (Å²) in [5, 5.41) is 7.53. The van der Waals surface area contributed by atoms with Gasteiger partial charge in [0.1, 0.15) is 5.75 Å². The Morgan fingerprint density at radius 1 is 1.08 bits per heavy atom. The molecule has 1 aliphatic carbocycles. The number of nitrogens with one attached hydrogen (secondary N) is 2. The molecule has 0 radical (unpaired) electrons. The maximum atomic E-state index is 5.49. The van der Waals surface area contributed by atoms with Crippen molar-refractivity contribution in [1.82, 2.24) is 10.6 Å². The second-order valence-electron chi connectivity index (χ2n) is 7.25. The molecule has 132 valence electrons. The quantitative estimate of drug-likeness (QED) is 0.872. The van der Waals surface area contributed by atoms with Gasteiger partial charge >= 0.3 is 0 Å². The summed E-state index contributed by atoms with van der Waals surface area (Å²) >= 11 is 0. The van der Waals surface area contributed by atoms with Crippen molar-refractivity contribution in [1.29, 1.82) is 0 Å². The fourth-order valence-corrected chi connectivity index (χ4v) is 4.33. The molecule has 1 saturated heterocycles. The summed E-state index contributed by atoms with van der Waals surface area (Å²) < 4.78 is 5.49. The number of methoxy groups -OCH3 is 1. The molecule has 2 aromatic carbocycles. The molecule has 0 spiro atoms. The number of piperidine rings is 1. The van der Waals surface area contributed by atoms with E-state index in [1.165, 1.54) is 43.2 Å². The molecular weight excluding hydrogens is 308 g/mol. The van der Waals surface area contributed by atoms with Crippen molar-refractivity contribution in [2.75, 3.05) is 13.7 Å². The summed E-state index contributed by atoms with van der Waals surface area (Å²) in [6, 6.07) is 16.3. The van der Waals surface area contributed by atoms with Crippen LogP contribution in [0.2, 0.25) is 0 Å². The number of rotatable bonds is 5. The summed E-state index contributed by atoms with van der Waals surface area (Å²) in [5.41, 5.74) is 5.78. The Hall–Kier alpha value is -1.84. The van der Waals surface area contributed by atoms with Crippen molar-refractivity contribution >= 4 is 0 Å². The van der Waals surface area contributed by atoms with Crippen LogP contribution in [0.4, 0.5) is 0 Å². The van der Waals surface area contributed by atoms with Crippen LogP contribution in [0.25, 0.3) is 0 Å². The van der Waals surface area contributed by atoms with Gasteiger partial charge in [-0.25, -0.2) is 0 Å². The molecule has 3 heteroatoms. The van der Waals surface area contributed by atoms with Gasteiger partial charge in [-0.15, -0.1) is 0 Å². The van der Waals surface area contributed by atoms with Gasteiger partial charge in [0, 0.05) is 24.2 Å². The Morgan fingerprint density at radius 2 is 1.96 bits per heavy atom. The summed E-state index contributed by atoms with van der Waals surface area (Å²) in [7, 11) is 1.74. The van der Waals surface area contributed by atoms with E-state index in [-0.39, 0.29) is 0 Å². The van der Waals surface area contributed by atoms with Gasteiger partial charge in [-0.3, -0.25) is 0 Å². The van der Waals surface area contributed by atoms with E-state index in [1.54, 1.807) is 18.2 Å². The minimum atomic E-state index is 0.398. The summed E-state index contributed by atoms with van der Waals surface area (Å²) in [6.07, 6.45) is 6.25. The topological polar surface area (TPSA) is 33.3 Å². The lowest BCUT2D eigenvalue weighted by atomic mass is 9.90. The molecule has 25 heavy (non-hydrogen) atoms. The van der Waals surface area contributed by atoms with Crippen LogP contribution in [0, 0.1) is 0 Å². The maximum absolute atomic E-state index is 5.49. The number of para-hydroxylation sites is 1. The molecule has 1 fully saturated rings. The van der Waals surface area contributed by atoms with Gasteiger partial charge in [0.05, 0.1) is 7.11 Å². The lowest BCUT2D eigenvalue weighted by Gasteiger charge is -2.34. The van der Waals surface area contributed by atoms with Gasteiger partial charge in [-0.1, -0.05) is 36.4 Å².